The molecule has 0 aromatic heterocycles. The summed E-state index contributed by atoms with van der Waals surface area (Å²) in [4.78, 5) is 0. The molecule has 0 aromatic carbocycles. The second-order valence-corrected chi connectivity index (χ2v) is 5.29. The summed E-state index contributed by atoms with van der Waals surface area (Å²) in [5.74, 6) is -0.00350. The van der Waals surface area contributed by atoms with E-state index < -0.39 is 14.0 Å². The van der Waals surface area contributed by atoms with Crippen molar-refractivity contribution in [2.24, 2.45) is 0 Å². The Labute approximate surface area is 62.7 Å². The van der Waals surface area contributed by atoms with Gasteiger partial charge in [-0.15, -0.1) is 0 Å². The smallest absolute Gasteiger partial charge is 0.202 e. The highest BCUT2D eigenvalue weighted by Crippen LogP contribution is 2.07. The molecule has 1 atom stereocenters. The van der Waals surface area contributed by atoms with Crippen molar-refractivity contribution in [3.8, 4) is 6.07 Å². The molecule has 5 heteroatoms. The highest BCUT2D eigenvalue weighted by molar-refractivity contribution is 9.11. The first kappa shape index (κ1) is 8.92. The van der Waals surface area contributed by atoms with Crippen molar-refractivity contribution < 1.29 is 8.42 Å². The van der Waals surface area contributed by atoms with E-state index in [9.17, 15) is 8.42 Å². The van der Waals surface area contributed by atoms with Gasteiger partial charge in [0.05, 0.1) is 6.07 Å². The molecular weight excluding hydrogens is 206 g/mol. The first-order valence-electron chi connectivity index (χ1n) is 2.30. The van der Waals surface area contributed by atoms with Crippen molar-refractivity contribution in [1.82, 2.24) is 0 Å². The lowest BCUT2D eigenvalue weighted by atomic mass is 10.9. The number of hydrogen-bond donors (Lipinski definition) is 0. The number of alkyl halides is 1. The highest BCUT2D eigenvalue weighted by Gasteiger charge is 2.18. The first-order valence-corrected chi connectivity index (χ1v) is 4.93. The first-order chi connectivity index (χ1) is 4.04. The third kappa shape index (κ3) is 2.33. The average Bonchev–Trinajstić information content (AvgIpc) is 1.86. The van der Waals surface area contributed by atoms with Gasteiger partial charge >= 0.3 is 0 Å². The fourth-order valence-electron chi connectivity index (χ4n) is 0.227. The maximum atomic E-state index is 10.7. The Morgan fingerprint density at radius 1 is 1.78 bits per heavy atom. The molecule has 1 unspecified atom stereocenters. The Balaban J connectivity index is 4.41. The predicted octanol–water partition coefficient (Wildman–Crippen LogP) is 0.666. The SMILES string of the molecule is CCS(=O)(=O)C(Br)C#N. The zero-order chi connectivity index (χ0) is 7.49. The Morgan fingerprint density at radius 3 is 2.33 bits per heavy atom. The van der Waals surface area contributed by atoms with Crippen molar-refractivity contribution in [1.29, 1.82) is 5.26 Å². The van der Waals surface area contributed by atoms with Crippen molar-refractivity contribution in [3.05, 3.63) is 0 Å². The van der Waals surface area contributed by atoms with E-state index in [0.29, 0.717) is 0 Å². The summed E-state index contributed by atoms with van der Waals surface area (Å²) < 4.78 is 20.3. The molecule has 0 saturated carbocycles. The summed E-state index contributed by atoms with van der Waals surface area (Å²) in [7, 11) is -3.19. The molecule has 0 saturated heterocycles. The summed E-state index contributed by atoms with van der Waals surface area (Å²) in [6, 6.07) is 1.58. The third-order valence-corrected chi connectivity index (χ3v) is 4.27. The lowest BCUT2D eigenvalue weighted by molar-refractivity contribution is 0.599. The maximum absolute atomic E-state index is 10.7. The van der Waals surface area contributed by atoms with E-state index >= 15 is 0 Å². The lowest BCUT2D eigenvalue weighted by Gasteiger charge is -1.97. The molecule has 52 valence electrons. The fraction of sp³-hybridized carbons (Fsp3) is 0.750. The number of hydrogen-bond acceptors (Lipinski definition) is 3. The van der Waals surface area contributed by atoms with Crippen LogP contribution in [0.4, 0.5) is 0 Å². The van der Waals surface area contributed by atoms with Crippen LogP contribution in [0, 0.1) is 11.3 Å². The molecule has 9 heavy (non-hydrogen) atoms. The molecule has 0 heterocycles. The predicted molar refractivity (Wildman–Crippen MR) is 37.8 cm³/mol. The lowest BCUT2D eigenvalue weighted by Crippen LogP contribution is -2.14. The number of rotatable bonds is 2. The van der Waals surface area contributed by atoms with Crippen LogP contribution >= 0.6 is 15.9 Å². The molecule has 0 spiro atoms. The molecule has 0 aliphatic rings. The summed E-state index contributed by atoms with van der Waals surface area (Å²) in [6.45, 7) is 1.50. The van der Waals surface area contributed by atoms with Crippen LogP contribution in [0.5, 0.6) is 0 Å². The van der Waals surface area contributed by atoms with Crippen LogP contribution in [0.25, 0.3) is 0 Å². The molecule has 0 aliphatic carbocycles. The van der Waals surface area contributed by atoms with Gasteiger partial charge in [0, 0.05) is 5.75 Å². The zero-order valence-electron chi connectivity index (χ0n) is 4.83. The molecule has 0 bridgehead atoms. The van der Waals surface area contributed by atoms with Gasteiger partial charge in [-0.05, 0) is 0 Å². The van der Waals surface area contributed by atoms with Gasteiger partial charge in [0.15, 0.2) is 9.84 Å². The van der Waals surface area contributed by atoms with E-state index in [1.807, 2.05) is 0 Å². The minimum atomic E-state index is -3.19. The van der Waals surface area contributed by atoms with E-state index in [-0.39, 0.29) is 5.75 Å². The molecule has 3 nitrogen and oxygen atoms in total. The number of halogens is 1. The molecule has 0 aromatic rings. The molecule has 0 rings (SSSR count). The average molecular weight is 212 g/mol. The van der Waals surface area contributed by atoms with Crippen LogP contribution in [0.15, 0.2) is 0 Å². The van der Waals surface area contributed by atoms with Gasteiger partial charge in [0.1, 0.15) is 0 Å². The van der Waals surface area contributed by atoms with Crippen LogP contribution in [-0.2, 0) is 9.84 Å². The topological polar surface area (TPSA) is 57.9 Å². The van der Waals surface area contributed by atoms with Crippen LogP contribution < -0.4 is 0 Å². The maximum Gasteiger partial charge on any atom is 0.202 e. The highest BCUT2D eigenvalue weighted by atomic mass is 79.9. The van der Waals surface area contributed by atoms with Crippen LogP contribution in [0.1, 0.15) is 6.92 Å². The standard InChI is InChI=1S/C4H6BrNO2S/c1-2-9(7,8)4(5)3-6/h4H,2H2,1H3. The summed E-state index contributed by atoms with van der Waals surface area (Å²) in [6.07, 6.45) is 0. The van der Waals surface area contributed by atoms with Gasteiger partial charge < -0.3 is 0 Å². The van der Waals surface area contributed by atoms with Gasteiger partial charge in [-0.25, -0.2) is 8.42 Å². The molecule has 0 amide bonds. The number of nitriles is 1. The zero-order valence-corrected chi connectivity index (χ0v) is 7.24. The summed E-state index contributed by atoms with van der Waals surface area (Å²) >= 11 is 2.71. The molecule has 0 N–H and O–H groups in total. The quantitative estimate of drug-likeness (QED) is 0.632. The minimum absolute atomic E-state index is 0.00350. The van der Waals surface area contributed by atoms with E-state index in [2.05, 4.69) is 15.9 Å². The largest absolute Gasteiger partial charge is 0.227 e. The monoisotopic (exact) mass is 211 g/mol. The van der Waals surface area contributed by atoms with Crippen LogP contribution in [0.3, 0.4) is 0 Å². The Morgan fingerprint density at radius 2 is 2.22 bits per heavy atom. The van der Waals surface area contributed by atoms with Crippen molar-refractivity contribution in [2.45, 2.75) is 11.1 Å². The molecule has 0 aliphatic heterocycles. The van der Waals surface area contributed by atoms with E-state index in [1.165, 1.54) is 6.92 Å². The second kappa shape index (κ2) is 3.18. The van der Waals surface area contributed by atoms with Gasteiger partial charge in [0.25, 0.3) is 0 Å². The minimum Gasteiger partial charge on any atom is -0.227 e. The second-order valence-electron chi connectivity index (χ2n) is 1.40. The molecule has 0 fully saturated rings. The van der Waals surface area contributed by atoms with Gasteiger partial charge in [-0.2, -0.15) is 5.26 Å². The van der Waals surface area contributed by atoms with Crippen LogP contribution in [0.2, 0.25) is 0 Å². The molecule has 0 radical (unpaired) electrons. The van der Waals surface area contributed by atoms with Gasteiger partial charge in [0.2, 0.25) is 4.16 Å². The Kier molecular flexibility index (Phi) is 3.15. The van der Waals surface area contributed by atoms with Crippen molar-refractivity contribution in [2.75, 3.05) is 5.75 Å². The molecular formula is C4H6BrNO2S. The normalized spacial score (nSPS) is 14.3. The van der Waals surface area contributed by atoms with E-state index in [1.54, 1.807) is 6.07 Å². The summed E-state index contributed by atoms with van der Waals surface area (Å²) in [5.41, 5.74) is 0. The number of nitrogens with zero attached hydrogens (tertiary/aromatic N) is 1. The van der Waals surface area contributed by atoms with Crippen molar-refractivity contribution in [3.63, 3.8) is 0 Å². The van der Waals surface area contributed by atoms with Crippen LogP contribution in [-0.4, -0.2) is 18.3 Å². The Bertz CT molecular complexity index is 215. The third-order valence-electron chi connectivity index (χ3n) is 0.819. The summed E-state index contributed by atoms with van der Waals surface area (Å²) in [5, 5.41) is 8.13. The van der Waals surface area contributed by atoms with Gasteiger partial charge in [-0.3, -0.25) is 0 Å². The van der Waals surface area contributed by atoms with Crippen molar-refractivity contribution >= 4 is 25.8 Å². The van der Waals surface area contributed by atoms with Gasteiger partial charge in [-0.1, -0.05) is 22.9 Å². The Hall–Kier alpha value is -0.0800. The van der Waals surface area contributed by atoms with E-state index in [0.717, 1.165) is 0 Å². The number of sulfone groups is 1. The van der Waals surface area contributed by atoms with E-state index in [4.69, 9.17) is 5.26 Å². The fourth-order valence-corrected chi connectivity index (χ4v) is 1.47.